The Morgan fingerprint density at radius 2 is 2.19 bits per heavy atom. The number of benzene rings is 1. The minimum atomic E-state index is -0.453. The fourth-order valence-electron chi connectivity index (χ4n) is 2.67. The van der Waals surface area contributed by atoms with Crippen molar-refractivity contribution in [3.05, 3.63) is 34.6 Å². The standard InChI is InChI=1S/C16H21ClFNO2/c1-11-4-2-3-5-15(11)21-9-8-19-16(20)13-7-6-12(18)10-14(13)17/h6-7,10-11,15H,2-5,8-9H2,1H3,(H,19,20)/t11-,15-/m0/s1. The van der Waals surface area contributed by atoms with Gasteiger partial charge in [0.15, 0.2) is 0 Å². The van der Waals surface area contributed by atoms with E-state index in [1.54, 1.807) is 0 Å². The Morgan fingerprint density at radius 3 is 2.90 bits per heavy atom. The third kappa shape index (κ3) is 4.68. The molecule has 0 aliphatic heterocycles. The first kappa shape index (κ1) is 16.2. The average molecular weight is 314 g/mol. The van der Waals surface area contributed by atoms with Gasteiger partial charge in [-0.1, -0.05) is 31.4 Å². The van der Waals surface area contributed by atoms with E-state index < -0.39 is 5.82 Å². The maximum Gasteiger partial charge on any atom is 0.252 e. The highest BCUT2D eigenvalue weighted by Gasteiger charge is 2.21. The lowest BCUT2D eigenvalue weighted by Crippen LogP contribution is -2.31. The number of halogens is 2. The van der Waals surface area contributed by atoms with Crippen molar-refractivity contribution in [3.8, 4) is 0 Å². The van der Waals surface area contributed by atoms with E-state index in [0.29, 0.717) is 25.2 Å². The van der Waals surface area contributed by atoms with Crippen LogP contribution in [0.25, 0.3) is 0 Å². The molecule has 1 aliphatic carbocycles. The van der Waals surface area contributed by atoms with Crippen LogP contribution in [0.15, 0.2) is 18.2 Å². The van der Waals surface area contributed by atoms with Gasteiger partial charge in [0, 0.05) is 6.54 Å². The molecule has 0 unspecified atom stereocenters. The molecule has 0 heterocycles. The summed E-state index contributed by atoms with van der Waals surface area (Å²) in [5.41, 5.74) is 0.282. The predicted molar refractivity (Wildman–Crippen MR) is 81.1 cm³/mol. The Hall–Kier alpha value is -1.13. The smallest absolute Gasteiger partial charge is 0.252 e. The highest BCUT2D eigenvalue weighted by Crippen LogP contribution is 2.26. The zero-order chi connectivity index (χ0) is 15.2. The van der Waals surface area contributed by atoms with Crippen LogP contribution < -0.4 is 5.32 Å². The van der Waals surface area contributed by atoms with Gasteiger partial charge in [0.25, 0.3) is 5.91 Å². The maximum atomic E-state index is 12.9. The number of hydrogen-bond acceptors (Lipinski definition) is 2. The first-order chi connectivity index (χ1) is 10.1. The summed E-state index contributed by atoms with van der Waals surface area (Å²) in [7, 11) is 0. The molecular formula is C16H21ClFNO2. The first-order valence-corrected chi connectivity index (χ1v) is 7.80. The Bertz CT molecular complexity index is 495. The van der Waals surface area contributed by atoms with E-state index in [1.165, 1.54) is 31.4 Å². The summed E-state index contributed by atoms with van der Waals surface area (Å²) in [5, 5.41) is 2.86. The fraction of sp³-hybridized carbons (Fsp3) is 0.562. The normalized spacial score (nSPS) is 22.0. The van der Waals surface area contributed by atoms with Crippen LogP contribution in [0.1, 0.15) is 43.0 Å². The van der Waals surface area contributed by atoms with Crippen molar-refractivity contribution in [2.24, 2.45) is 5.92 Å². The van der Waals surface area contributed by atoms with E-state index in [-0.39, 0.29) is 16.5 Å². The van der Waals surface area contributed by atoms with E-state index in [4.69, 9.17) is 16.3 Å². The molecule has 116 valence electrons. The van der Waals surface area contributed by atoms with Crippen LogP contribution in [0.2, 0.25) is 5.02 Å². The second kappa shape index (κ2) is 7.76. The first-order valence-electron chi connectivity index (χ1n) is 7.43. The third-order valence-corrected chi connectivity index (χ3v) is 4.24. The molecule has 1 saturated carbocycles. The SMILES string of the molecule is C[C@H]1CCCC[C@@H]1OCCNC(=O)c1ccc(F)cc1Cl. The second-order valence-electron chi connectivity index (χ2n) is 5.55. The lowest BCUT2D eigenvalue weighted by molar-refractivity contribution is -0.00293. The van der Waals surface area contributed by atoms with Crippen LogP contribution in [0.5, 0.6) is 0 Å². The lowest BCUT2D eigenvalue weighted by atomic mass is 9.88. The number of carbonyl (C=O) groups excluding carboxylic acids is 1. The minimum Gasteiger partial charge on any atom is -0.376 e. The number of carbonyl (C=O) groups is 1. The number of rotatable bonds is 5. The van der Waals surface area contributed by atoms with Crippen molar-refractivity contribution in [2.45, 2.75) is 38.7 Å². The highest BCUT2D eigenvalue weighted by molar-refractivity contribution is 6.33. The third-order valence-electron chi connectivity index (χ3n) is 3.93. The molecule has 2 atom stereocenters. The molecule has 0 radical (unpaired) electrons. The summed E-state index contributed by atoms with van der Waals surface area (Å²) < 4.78 is 18.7. The molecule has 1 N–H and O–H groups in total. The van der Waals surface area contributed by atoms with Crippen molar-refractivity contribution in [1.82, 2.24) is 5.32 Å². The topological polar surface area (TPSA) is 38.3 Å². The summed E-state index contributed by atoms with van der Waals surface area (Å²) in [5.74, 6) is -0.174. The lowest BCUT2D eigenvalue weighted by Gasteiger charge is -2.28. The van der Waals surface area contributed by atoms with Crippen LogP contribution in [0.3, 0.4) is 0 Å². The largest absolute Gasteiger partial charge is 0.376 e. The second-order valence-corrected chi connectivity index (χ2v) is 5.96. The summed E-state index contributed by atoms with van der Waals surface area (Å²) >= 11 is 5.85. The number of ether oxygens (including phenoxy) is 1. The Morgan fingerprint density at radius 1 is 1.43 bits per heavy atom. The van der Waals surface area contributed by atoms with Gasteiger partial charge in [0.2, 0.25) is 0 Å². The summed E-state index contributed by atoms with van der Waals surface area (Å²) in [6, 6.07) is 3.74. The van der Waals surface area contributed by atoms with Crippen LogP contribution in [-0.4, -0.2) is 25.2 Å². The molecule has 0 spiro atoms. The minimum absolute atomic E-state index is 0.120. The molecule has 1 aromatic rings. The molecular weight excluding hydrogens is 293 g/mol. The van der Waals surface area contributed by atoms with Gasteiger partial charge < -0.3 is 10.1 Å². The van der Waals surface area contributed by atoms with Gasteiger partial charge in [-0.25, -0.2) is 4.39 Å². The molecule has 1 amide bonds. The molecule has 1 aromatic carbocycles. The van der Waals surface area contributed by atoms with Crippen molar-refractivity contribution in [1.29, 1.82) is 0 Å². The molecule has 0 saturated heterocycles. The molecule has 1 aliphatic rings. The fourth-order valence-corrected chi connectivity index (χ4v) is 2.93. The maximum absolute atomic E-state index is 12.9. The van der Waals surface area contributed by atoms with Gasteiger partial charge in [-0.2, -0.15) is 0 Å². The predicted octanol–water partition coefficient (Wildman–Crippen LogP) is 3.80. The van der Waals surface area contributed by atoms with Gasteiger partial charge in [-0.15, -0.1) is 0 Å². The summed E-state index contributed by atoms with van der Waals surface area (Å²) in [6.45, 7) is 3.12. The zero-order valence-electron chi connectivity index (χ0n) is 12.2. The van der Waals surface area contributed by atoms with Gasteiger partial charge in [0.1, 0.15) is 5.82 Å². The van der Waals surface area contributed by atoms with Gasteiger partial charge >= 0.3 is 0 Å². The summed E-state index contributed by atoms with van der Waals surface area (Å²) in [4.78, 5) is 11.9. The van der Waals surface area contributed by atoms with Crippen molar-refractivity contribution < 1.29 is 13.9 Å². The monoisotopic (exact) mass is 313 g/mol. The van der Waals surface area contributed by atoms with Crippen LogP contribution in [0, 0.1) is 11.7 Å². The van der Waals surface area contributed by atoms with E-state index in [0.717, 1.165) is 12.5 Å². The number of nitrogens with one attached hydrogen (secondary N) is 1. The highest BCUT2D eigenvalue weighted by atomic mass is 35.5. The molecule has 0 aromatic heterocycles. The molecule has 0 bridgehead atoms. The number of amides is 1. The van der Waals surface area contributed by atoms with Crippen LogP contribution >= 0.6 is 11.6 Å². The van der Waals surface area contributed by atoms with Crippen molar-refractivity contribution in [3.63, 3.8) is 0 Å². The Labute approximate surface area is 129 Å². The Balaban J connectivity index is 1.74. The van der Waals surface area contributed by atoms with E-state index in [9.17, 15) is 9.18 Å². The zero-order valence-corrected chi connectivity index (χ0v) is 13.0. The van der Waals surface area contributed by atoms with Gasteiger partial charge in [-0.3, -0.25) is 4.79 Å². The van der Waals surface area contributed by atoms with E-state index >= 15 is 0 Å². The molecule has 2 rings (SSSR count). The quantitative estimate of drug-likeness (QED) is 0.840. The van der Waals surface area contributed by atoms with Crippen LogP contribution in [0.4, 0.5) is 4.39 Å². The van der Waals surface area contributed by atoms with Gasteiger partial charge in [-0.05, 0) is 37.0 Å². The average Bonchev–Trinajstić information content (AvgIpc) is 2.45. The molecule has 3 nitrogen and oxygen atoms in total. The van der Waals surface area contributed by atoms with E-state index in [2.05, 4.69) is 12.2 Å². The van der Waals surface area contributed by atoms with E-state index in [1.807, 2.05) is 0 Å². The van der Waals surface area contributed by atoms with Crippen molar-refractivity contribution >= 4 is 17.5 Å². The summed E-state index contributed by atoms with van der Waals surface area (Å²) in [6.07, 6.45) is 5.10. The number of hydrogen-bond donors (Lipinski definition) is 1. The van der Waals surface area contributed by atoms with Crippen molar-refractivity contribution in [2.75, 3.05) is 13.2 Å². The Kier molecular flexibility index (Phi) is 6.00. The van der Waals surface area contributed by atoms with Crippen LogP contribution in [-0.2, 0) is 4.74 Å². The van der Waals surface area contributed by atoms with Gasteiger partial charge in [0.05, 0.1) is 23.3 Å². The molecule has 21 heavy (non-hydrogen) atoms. The molecule has 5 heteroatoms. The molecule has 1 fully saturated rings.